The van der Waals surface area contributed by atoms with Crippen molar-refractivity contribution in [2.24, 2.45) is 0 Å². The van der Waals surface area contributed by atoms with Gasteiger partial charge in [-0.2, -0.15) is 0 Å². The average molecular weight is 323 g/mol. The van der Waals surface area contributed by atoms with Crippen LogP contribution < -0.4 is 9.62 Å². The molecule has 0 aliphatic carbocycles. The second kappa shape index (κ2) is 5.89. The first-order chi connectivity index (χ1) is 10.5. The molecule has 1 N–H and O–H groups in total. The summed E-state index contributed by atoms with van der Waals surface area (Å²) in [5.41, 5.74) is 1.14. The Morgan fingerprint density at radius 2 is 2.14 bits per heavy atom. The molecule has 1 atom stereocenters. The first-order valence-corrected chi connectivity index (χ1v) is 9.22. The summed E-state index contributed by atoms with van der Waals surface area (Å²) < 4.78 is 25.4. The molecule has 1 amide bonds. The molecule has 7 heteroatoms. The van der Waals surface area contributed by atoms with Crippen LogP contribution in [0.1, 0.15) is 23.7 Å². The Morgan fingerprint density at radius 3 is 2.82 bits per heavy atom. The first-order valence-electron chi connectivity index (χ1n) is 7.61. The van der Waals surface area contributed by atoms with Gasteiger partial charge in [0, 0.05) is 37.8 Å². The zero-order chi connectivity index (χ0) is 15.7. The Labute approximate surface area is 131 Å². The molecule has 0 radical (unpaired) electrons. The first kappa shape index (κ1) is 15.3. The molecule has 1 unspecified atom stereocenters. The van der Waals surface area contributed by atoms with Crippen LogP contribution in [-0.2, 0) is 10.0 Å². The van der Waals surface area contributed by atoms with E-state index in [1.807, 2.05) is 11.8 Å². The van der Waals surface area contributed by atoms with Crippen molar-refractivity contribution in [1.29, 1.82) is 0 Å². The van der Waals surface area contributed by atoms with E-state index in [4.69, 9.17) is 0 Å². The summed E-state index contributed by atoms with van der Waals surface area (Å²) in [4.78, 5) is 14.5. The van der Waals surface area contributed by atoms with Crippen molar-refractivity contribution in [3.63, 3.8) is 0 Å². The van der Waals surface area contributed by atoms with Gasteiger partial charge in [-0.1, -0.05) is 6.07 Å². The normalized spacial score (nSPS) is 24.5. The minimum Gasteiger partial charge on any atom is -0.333 e. The highest BCUT2D eigenvalue weighted by Crippen LogP contribution is 2.25. The van der Waals surface area contributed by atoms with Gasteiger partial charge in [0.05, 0.1) is 11.4 Å². The van der Waals surface area contributed by atoms with Crippen molar-refractivity contribution >= 4 is 21.6 Å². The Morgan fingerprint density at radius 1 is 1.32 bits per heavy atom. The average Bonchev–Trinajstić information content (AvgIpc) is 2.86. The van der Waals surface area contributed by atoms with E-state index in [-0.39, 0.29) is 17.7 Å². The predicted molar refractivity (Wildman–Crippen MR) is 85.6 cm³/mol. The molecule has 22 heavy (non-hydrogen) atoms. The van der Waals surface area contributed by atoms with E-state index in [0.717, 1.165) is 13.1 Å². The SMILES string of the molecule is CC1CNCCN1C(=O)c1cccc(N2CCCS2(=O)=O)c1. The smallest absolute Gasteiger partial charge is 0.254 e. The molecule has 2 aliphatic heterocycles. The molecule has 1 aromatic carbocycles. The number of hydrogen-bond acceptors (Lipinski definition) is 4. The van der Waals surface area contributed by atoms with Gasteiger partial charge in [0.15, 0.2) is 0 Å². The number of carbonyl (C=O) groups is 1. The summed E-state index contributed by atoms with van der Waals surface area (Å²) in [6, 6.07) is 7.09. The molecule has 120 valence electrons. The number of nitrogens with one attached hydrogen (secondary N) is 1. The fourth-order valence-electron chi connectivity index (χ4n) is 3.03. The molecule has 6 nitrogen and oxygen atoms in total. The standard InChI is InChI=1S/C15H21N3O3S/c1-12-11-16-6-8-17(12)15(19)13-4-2-5-14(10-13)18-7-3-9-22(18,20)21/h2,4-5,10,12,16H,3,6-9,11H2,1H3. The number of carbonyl (C=O) groups excluding carboxylic acids is 1. The monoisotopic (exact) mass is 323 g/mol. The van der Waals surface area contributed by atoms with E-state index in [1.54, 1.807) is 24.3 Å². The summed E-state index contributed by atoms with van der Waals surface area (Å²) in [6.07, 6.45) is 0.634. The second-order valence-corrected chi connectivity index (χ2v) is 7.86. The largest absolute Gasteiger partial charge is 0.333 e. The van der Waals surface area contributed by atoms with Gasteiger partial charge in [-0.3, -0.25) is 9.10 Å². The zero-order valence-electron chi connectivity index (χ0n) is 12.7. The van der Waals surface area contributed by atoms with E-state index >= 15 is 0 Å². The topological polar surface area (TPSA) is 69.7 Å². The minimum absolute atomic E-state index is 0.0348. The van der Waals surface area contributed by atoms with Crippen molar-refractivity contribution < 1.29 is 13.2 Å². The predicted octanol–water partition coefficient (Wildman–Crippen LogP) is 0.660. The highest BCUT2D eigenvalue weighted by molar-refractivity contribution is 7.93. The van der Waals surface area contributed by atoms with Crippen LogP contribution in [0.15, 0.2) is 24.3 Å². The molecular formula is C15H21N3O3S. The van der Waals surface area contributed by atoms with Crippen molar-refractivity contribution in [2.45, 2.75) is 19.4 Å². The second-order valence-electron chi connectivity index (χ2n) is 5.84. The molecule has 0 aromatic heterocycles. The molecule has 0 bridgehead atoms. The van der Waals surface area contributed by atoms with Crippen LogP contribution in [0.25, 0.3) is 0 Å². The van der Waals surface area contributed by atoms with E-state index < -0.39 is 10.0 Å². The lowest BCUT2D eigenvalue weighted by Crippen LogP contribution is -2.52. The third-order valence-electron chi connectivity index (χ3n) is 4.24. The fraction of sp³-hybridized carbons (Fsp3) is 0.533. The lowest BCUT2D eigenvalue weighted by atomic mass is 10.1. The summed E-state index contributed by atoms with van der Waals surface area (Å²) in [6.45, 7) is 4.75. The van der Waals surface area contributed by atoms with Gasteiger partial charge in [0.1, 0.15) is 0 Å². The van der Waals surface area contributed by atoms with Crippen LogP contribution in [0.4, 0.5) is 5.69 Å². The van der Waals surface area contributed by atoms with Gasteiger partial charge < -0.3 is 10.2 Å². The van der Waals surface area contributed by atoms with E-state index in [0.29, 0.717) is 30.8 Å². The van der Waals surface area contributed by atoms with Crippen LogP contribution >= 0.6 is 0 Å². The number of amides is 1. The Hall–Kier alpha value is -1.60. The van der Waals surface area contributed by atoms with Crippen molar-refractivity contribution in [3.05, 3.63) is 29.8 Å². The van der Waals surface area contributed by atoms with Gasteiger partial charge in [0.2, 0.25) is 10.0 Å². The van der Waals surface area contributed by atoms with Crippen LogP contribution in [-0.4, -0.2) is 57.2 Å². The maximum absolute atomic E-state index is 12.7. The van der Waals surface area contributed by atoms with Gasteiger partial charge >= 0.3 is 0 Å². The number of piperazine rings is 1. The van der Waals surface area contributed by atoms with Gasteiger partial charge in [-0.15, -0.1) is 0 Å². The van der Waals surface area contributed by atoms with Crippen LogP contribution in [0.5, 0.6) is 0 Å². The number of nitrogens with zero attached hydrogens (tertiary/aromatic N) is 2. The van der Waals surface area contributed by atoms with Gasteiger partial charge in [-0.05, 0) is 31.5 Å². The fourth-order valence-corrected chi connectivity index (χ4v) is 4.59. The van der Waals surface area contributed by atoms with Crippen molar-refractivity contribution in [1.82, 2.24) is 10.2 Å². The number of sulfonamides is 1. The molecular weight excluding hydrogens is 302 g/mol. The Balaban J connectivity index is 1.86. The highest BCUT2D eigenvalue weighted by atomic mass is 32.2. The maximum atomic E-state index is 12.7. The Bertz CT molecular complexity index is 674. The van der Waals surface area contributed by atoms with Crippen molar-refractivity contribution in [2.75, 3.05) is 36.2 Å². The molecule has 2 heterocycles. The quantitative estimate of drug-likeness (QED) is 0.868. The van der Waals surface area contributed by atoms with E-state index in [2.05, 4.69) is 5.32 Å². The maximum Gasteiger partial charge on any atom is 0.254 e. The molecule has 3 rings (SSSR count). The van der Waals surface area contributed by atoms with Crippen molar-refractivity contribution in [3.8, 4) is 0 Å². The number of anilines is 1. The van der Waals surface area contributed by atoms with Crippen LogP contribution in [0.2, 0.25) is 0 Å². The van der Waals surface area contributed by atoms with Gasteiger partial charge in [0.25, 0.3) is 5.91 Å². The summed E-state index contributed by atoms with van der Waals surface area (Å²) in [5, 5.41) is 3.26. The summed E-state index contributed by atoms with van der Waals surface area (Å²) in [7, 11) is -3.22. The zero-order valence-corrected chi connectivity index (χ0v) is 13.5. The summed E-state index contributed by atoms with van der Waals surface area (Å²) in [5.74, 6) is 0.146. The van der Waals surface area contributed by atoms with E-state index in [1.165, 1.54) is 4.31 Å². The van der Waals surface area contributed by atoms with E-state index in [9.17, 15) is 13.2 Å². The minimum atomic E-state index is -3.22. The van der Waals surface area contributed by atoms with Crippen LogP contribution in [0.3, 0.4) is 0 Å². The van der Waals surface area contributed by atoms with Crippen LogP contribution in [0, 0.1) is 0 Å². The molecule has 2 saturated heterocycles. The molecule has 1 aromatic rings. The highest BCUT2D eigenvalue weighted by Gasteiger charge is 2.29. The number of hydrogen-bond donors (Lipinski definition) is 1. The summed E-state index contributed by atoms with van der Waals surface area (Å²) >= 11 is 0. The molecule has 0 saturated carbocycles. The lowest BCUT2D eigenvalue weighted by Gasteiger charge is -2.34. The number of rotatable bonds is 2. The molecule has 0 spiro atoms. The third-order valence-corrected chi connectivity index (χ3v) is 6.11. The molecule has 2 aliphatic rings. The third kappa shape index (κ3) is 2.83. The van der Waals surface area contributed by atoms with Gasteiger partial charge in [-0.25, -0.2) is 8.42 Å². The number of benzene rings is 1. The Kier molecular flexibility index (Phi) is 4.10. The molecule has 2 fully saturated rings. The lowest BCUT2D eigenvalue weighted by molar-refractivity contribution is 0.0656.